The van der Waals surface area contributed by atoms with Gasteiger partial charge in [-0.3, -0.25) is 9.97 Å². The van der Waals surface area contributed by atoms with Gasteiger partial charge in [-0.1, -0.05) is 158 Å². The van der Waals surface area contributed by atoms with Gasteiger partial charge in [-0.2, -0.15) is 0 Å². The zero-order chi connectivity index (χ0) is 37.3. The van der Waals surface area contributed by atoms with E-state index in [4.69, 9.17) is 24.9 Å². The Labute approximate surface area is 324 Å². The summed E-state index contributed by atoms with van der Waals surface area (Å²) in [5.74, 6) is 1.75. The highest BCUT2D eigenvalue weighted by Crippen LogP contribution is 2.35. The van der Waals surface area contributed by atoms with Crippen molar-refractivity contribution in [2.45, 2.75) is 0 Å². The van der Waals surface area contributed by atoms with Crippen molar-refractivity contribution in [2.75, 3.05) is 0 Å². The van der Waals surface area contributed by atoms with Crippen LogP contribution >= 0.6 is 0 Å². The number of rotatable bonds is 7. The molecule has 0 atom stereocenters. The smallest absolute Gasteiger partial charge is 0.164 e. The second kappa shape index (κ2) is 14.3. The van der Waals surface area contributed by atoms with Gasteiger partial charge >= 0.3 is 0 Å². The Morgan fingerprint density at radius 3 is 0.982 bits per heavy atom. The Morgan fingerprint density at radius 1 is 0.232 bits per heavy atom. The Kier molecular flexibility index (Phi) is 8.43. The maximum atomic E-state index is 5.17. The molecule has 0 saturated heterocycles. The van der Waals surface area contributed by atoms with E-state index in [1.54, 1.807) is 0 Å². The Bertz CT molecular complexity index is 2800. The highest BCUT2D eigenvalue weighted by Gasteiger charge is 2.16. The number of benzene rings is 7. The van der Waals surface area contributed by atoms with Crippen LogP contribution in [0.3, 0.4) is 0 Å². The molecule has 0 radical (unpaired) electrons. The van der Waals surface area contributed by atoms with Crippen LogP contribution in [0.4, 0.5) is 0 Å². The van der Waals surface area contributed by atoms with E-state index >= 15 is 0 Å². The van der Waals surface area contributed by atoms with Gasteiger partial charge in [-0.15, -0.1) is 0 Å². The van der Waals surface area contributed by atoms with Gasteiger partial charge in [0.25, 0.3) is 0 Å². The molecule has 0 unspecified atom stereocenters. The first kappa shape index (κ1) is 33.0. The fraction of sp³-hybridized carbons (Fsp3) is 0. The Balaban J connectivity index is 1.15. The first-order chi connectivity index (χ1) is 27.7. The zero-order valence-corrected chi connectivity index (χ0v) is 30.3. The maximum Gasteiger partial charge on any atom is 0.164 e. The van der Waals surface area contributed by atoms with Crippen LogP contribution in [0.2, 0.25) is 0 Å². The van der Waals surface area contributed by atoms with E-state index in [-0.39, 0.29) is 0 Å². The van der Waals surface area contributed by atoms with Gasteiger partial charge in [0.05, 0.1) is 11.4 Å². The average Bonchev–Trinajstić information content (AvgIpc) is 3.29. The number of fused-ring (bicyclic) bond motifs is 2. The number of hydrogen-bond donors (Lipinski definition) is 0. The minimum atomic E-state index is 0.564. The molecule has 0 amide bonds. The summed E-state index contributed by atoms with van der Waals surface area (Å²) in [6, 6.07) is 64.9. The lowest BCUT2D eigenvalue weighted by atomic mass is 9.98. The fourth-order valence-electron chi connectivity index (χ4n) is 7.18. The van der Waals surface area contributed by atoms with E-state index in [0.29, 0.717) is 17.5 Å². The van der Waals surface area contributed by atoms with Gasteiger partial charge in [0.15, 0.2) is 17.5 Å². The van der Waals surface area contributed by atoms with Crippen LogP contribution in [0.5, 0.6) is 0 Å². The Hall–Kier alpha value is -7.63. The van der Waals surface area contributed by atoms with Crippen LogP contribution in [0, 0.1) is 0 Å². The molecular weight excluding hydrogens is 683 g/mol. The lowest BCUT2D eigenvalue weighted by Gasteiger charge is -2.13. The first-order valence-corrected chi connectivity index (χ1v) is 18.6. The lowest BCUT2D eigenvalue weighted by molar-refractivity contribution is 1.07. The molecular formula is C51H33N5. The third kappa shape index (κ3) is 6.59. The largest absolute Gasteiger partial charge is 0.256 e. The Morgan fingerprint density at radius 2 is 0.554 bits per heavy atom. The van der Waals surface area contributed by atoms with Crippen LogP contribution in [0.25, 0.3) is 100 Å². The highest BCUT2D eigenvalue weighted by molar-refractivity contribution is 5.89. The SMILES string of the molecule is c1ccc(-c2ccc(-c3nc(-c4ccc(-c5ccccc5)cc4)nc(-c4cc(-c5cc6ccccc6cn5)cc(-c5cc6ccccc6cn5)c4)n3)cc2)cc1. The summed E-state index contributed by atoms with van der Waals surface area (Å²) in [5.41, 5.74) is 10.8. The van der Waals surface area contributed by atoms with E-state index in [1.165, 1.54) is 0 Å². The molecule has 10 aromatic rings. The minimum Gasteiger partial charge on any atom is -0.256 e. The maximum absolute atomic E-state index is 5.17. The van der Waals surface area contributed by atoms with Crippen molar-refractivity contribution in [3.63, 3.8) is 0 Å². The van der Waals surface area contributed by atoms with Crippen molar-refractivity contribution < 1.29 is 0 Å². The number of aromatic nitrogens is 5. The van der Waals surface area contributed by atoms with Gasteiger partial charge in [0.2, 0.25) is 0 Å². The predicted octanol–water partition coefficient (Wildman–Crippen LogP) is 12.6. The summed E-state index contributed by atoms with van der Waals surface area (Å²) in [5, 5.41) is 4.42. The topological polar surface area (TPSA) is 64.5 Å². The summed E-state index contributed by atoms with van der Waals surface area (Å²) >= 11 is 0. The average molecular weight is 716 g/mol. The summed E-state index contributed by atoms with van der Waals surface area (Å²) in [6.07, 6.45) is 3.87. The zero-order valence-electron chi connectivity index (χ0n) is 30.3. The van der Waals surface area contributed by atoms with Gasteiger partial charge < -0.3 is 0 Å². The molecule has 0 aliphatic rings. The van der Waals surface area contributed by atoms with Crippen molar-refractivity contribution in [2.24, 2.45) is 0 Å². The highest BCUT2D eigenvalue weighted by atomic mass is 15.0. The quantitative estimate of drug-likeness (QED) is 0.164. The van der Waals surface area contributed by atoms with Crippen molar-refractivity contribution in [1.29, 1.82) is 0 Å². The van der Waals surface area contributed by atoms with Gasteiger partial charge in [-0.05, 0) is 63.4 Å². The van der Waals surface area contributed by atoms with Gasteiger partial charge in [-0.25, -0.2) is 15.0 Å². The second-order valence-corrected chi connectivity index (χ2v) is 13.8. The van der Waals surface area contributed by atoms with Crippen LogP contribution in [-0.4, -0.2) is 24.9 Å². The molecule has 0 bridgehead atoms. The summed E-state index contributed by atoms with van der Waals surface area (Å²) in [7, 11) is 0. The molecule has 10 rings (SSSR count). The molecule has 5 nitrogen and oxygen atoms in total. The monoisotopic (exact) mass is 715 g/mol. The molecule has 0 aliphatic heterocycles. The van der Waals surface area contributed by atoms with E-state index in [1.807, 2.05) is 36.7 Å². The van der Waals surface area contributed by atoms with Crippen LogP contribution < -0.4 is 0 Å². The van der Waals surface area contributed by atoms with E-state index < -0.39 is 0 Å². The lowest BCUT2D eigenvalue weighted by Crippen LogP contribution is -2.01. The van der Waals surface area contributed by atoms with Gasteiger partial charge in [0, 0.05) is 51.0 Å². The van der Waals surface area contributed by atoms with E-state index in [2.05, 4.69) is 164 Å². The summed E-state index contributed by atoms with van der Waals surface area (Å²) in [6.45, 7) is 0. The van der Waals surface area contributed by atoms with Crippen LogP contribution in [0.15, 0.2) is 200 Å². The molecule has 3 heterocycles. The van der Waals surface area contributed by atoms with E-state index in [0.717, 1.165) is 83.0 Å². The molecule has 0 spiro atoms. The molecule has 262 valence electrons. The third-order valence-corrected chi connectivity index (χ3v) is 10.2. The summed E-state index contributed by atoms with van der Waals surface area (Å²) in [4.78, 5) is 25.3. The molecule has 7 aromatic carbocycles. The third-order valence-electron chi connectivity index (χ3n) is 10.2. The van der Waals surface area contributed by atoms with Crippen molar-refractivity contribution in [1.82, 2.24) is 24.9 Å². The molecule has 0 N–H and O–H groups in total. The molecule has 0 saturated carbocycles. The summed E-state index contributed by atoms with van der Waals surface area (Å²) < 4.78 is 0. The molecule has 0 aliphatic carbocycles. The van der Waals surface area contributed by atoms with Crippen molar-refractivity contribution in [3.8, 4) is 78.9 Å². The number of hydrogen-bond acceptors (Lipinski definition) is 5. The van der Waals surface area contributed by atoms with Crippen molar-refractivity contribution in [3.05, 3.63) is 200 Å². The van der Waals surface area contributed by atoms with Crippen LogP contribution in [-0.2, 0) is 0 Å². The fourth-order valence-corrected chi connectivity index (χ4v) is 7.18. The normalized spacial score (nSPS) is 11.2. The number of nitrogens with zero attached hydrogens (tertiary/aromatic N) is 5. The minimum absolute atomic E-state index is 0.564. The molecule has 3 aromatic heterocycles. The second-order valence-electron chi connectivity index (χ2n) is 13.8. The molecule has 56 heavy (non-hydrogen) atoms. The standard InChI is InChI=1S/C51H33N5/c1-3-11-34(12-4-1)36-19-23-38(24-20-36)49-54-50(39-25-21-37(22-26-39)35-13-5-2-6-14-35)56-51(55-49)46-28-44(47-30-40-15-7-9-17-42(40)32-52-47)27-45(29-46)48-31-41-16-8-10-18-43(41)33-53-48/h1-33H. The predicted molar refractivity (Wildman–Crippen MR) is 228 cm³/mol. The van der Waals surface area contributed by atoms with Crippen molar-refractivity contribution >= 4 is 21.5 Å². The molecule has 0 fully saturated rings. The van der Waals surface area contributed by atoms with E-state index in [9.17, 15) is 0 Å². The van der Waals surface area contributed by atoms with Crippen LogP contribution in [0.1, 0.15) is 0 Å². The first-order valence-electron chi connectivity index (χ1n) is 18.6. The number of pyridine rings is 2. The molecule has 5 heteroatoms. The van der Waals surface area contributed by atoms with Gasteiger partial charge in [0.1, 0.15) is 0 Å².